The van der Waals surface area contributed by atoms with Crippen LogP contribution in [0.3, 0.4) is 0 Å². The molecule has 5 heteroatoms. The molecule has 0 aliphatic heterocycles. The second-order valence-corrected chi connectivity index (χ2v) is 7.35. The first kappa shape index (κ1) is 20.3. The molecule has 1 heterocycles. The van der Waals surface area contributed by atoms with Gasteiger partial charge in [-0.1, -0.05) is 48.3 Å². The van der Waals surface area contributed by atoms with Crippen LogP contribution in [-0.4, -0.2) is 24.9 Å². The molecule has 0 radical (unpaired) electrons. The van der Waals surface area contributed by atoms with Crippen LogP contribution in [-0.2, 0) is 0 Å². The molecule has 4 nitrogen and oxygen atoms in total. The van der Waals surface area contributed by atoms with Gasteiger partial charge >= 0.3 is 0 Å². The number of aryl methyl sites for hydroxylation is 1. The van der Waals surface area contributed by atoms with Crippen LogP contribution in [0.15, 0.2) is 72.7 Å². The van der Waals surface area contributed by atoms with E-state index in [0.29, 0.717) is 17.9 Å². The van der Waals surface area contributed by atoms with Gasteiger partial charge in [0.05, 0.1) is 10.6 Å². The topological polar surface area (TPSA) is 42.4 Å². The van der Waals surface area contributed by atoms with Gasteiger partial charge in [0, 0.05) is 24.4 Å². The van der Waals surface area contributed by atoms with E-state index in [2.05, 4.69) is 17.3 Å². The van der Waals surface area contributed by atoms with Crippen molar-refractivity contribution in [2.75, 3.05) is 18.6 Å². The van der Waals surface area contributed by atoms with Crippen LogP contribution in [0.4, 0.5) is 5.13 Å². The molecule has 0 saturated heterocycles. The minimum absolute atomic E-state index is 0.399. The smallest absolute Gasteiger partial charge is 0.189 e. The maximum atomic E-state index is 11.6. The number of allylic oxidation sites excluding steroid dienone is 3. The molecule has 0 N–H and O–H groups in total. The van der Waals surface area contributed by atoms with Crippen molar-refractivity contribution in [1.82, 2.24) is 4.98 Å². The number of carbonyl (C=O) groups excluding carboxylic acids is 1. The van der Waals surface area contributed by atoms with Gasteiger partial charge in [0.1, 0.15) is 12.4 Å². The van der Waals surface area contributed by atoms with Gasteiger partial charge in [-0.25, -0.2) is 4.98 Å². The standard InChI is InChI=1S/C24H22N2O2S/c1-4-23-18(2)25-24(29-23)26(3)15-14-21-20(16-27)12-9-13-22(21)28-17-19-10-7-5-6-8-11-19/h4-5,7-16H,1,17H2,2-3H3/b15-14-. The quantitative estimate of drug-likeness (QED) is 0.426. The third-order valence-electron chi connectivity index (χ3n) is 4.29. The first-order valence-corrected chi connectivity index (χ1v) is 9.94. The molecule has 1 aromatic carbocycles. The molecule has 146 valence electrons. The second kappa shape index (κ2) is 9.69. The Kier molecular flexibility index (Phi) is 6.80. The molecule has 0 amide bonds. The number of ether oxygens (including phenoxy) is 1. The van der Waals surface area contributed by atoms with Crippen molar-refractivity contribution < 1.29 is 9.53 Å². The SMILES string of the molecule is C=Cc1sc(N(C)/C=C\c2c(C=O)cccc2OCC2=CC=C=CC=C2)nc1C. The molecule has 1 aliphatic rings. The van der Waals surface area contributed by atoms with Crippen LogP contribution in [0.1, 0.15) is 26.5 Å². The van der Waals surface area contributed by atoms with Gasteiger partial charge in [-0.05, 0) is 42.9 Å². The third kappa shape index (κ3) is 5.11. The Morgan fingerprint density at radius 3 is 2.97 bits per heavy atom. The Balaban J connectivity index is 1.82. The molecule has 1 aliphatic carbocycles. The van der Waals surface area contributed by atoms with E-state index in [0.717, 1.165) is 33.1 Å². The highest BCUT2D eigenvalue weighted by Gasteiger charge is 2.10. The number of carbonyl (C=O) groups is 1. The molecule has 0 spiro atoms. The minimum atomic E-state index is 0.399. The number of hydrogen-bond acceptors (Lipinski definition) is 5. The molecule has 2 aromatic rings. The Labute approximate surface area is 175 Å². The van der Waals surface area contributed by atoms with Gasteiger partial charge < -0.3 is 9.64 Å². The monoisotopic (exact) mass is 402 g/mol. The zero-order valence-corrected chi connectivity index (χ0v) is 17.3. The van der Waals surface area contributed by atoms with Gasteiger partial charge in [-0.2, -0.15) is 0 Å². The molecule has 0 fully saturated rings. The molecule has 0 bridgehead atoms. The van der Waals surface area contributed by atoms with Crippen molar-refractivity contribution in [3.8, 4) is 5.75 Å². The van der Waals surface area contributed by atoms with E-state index in [4.69, 9.17) is 4.74 Å². The second-order valence-electron chi connectivity index (χ2n) is 6.34. The lowest BCUT2D eigenvalue weighted by molar-refractivity contribution is 0.112. The van der Waals surface area contributed by atoms with Crippen LogP contribution in [0.2, 0.25) is 0 Å². The minimum Gasteiger partial charge on any atom is -0.488 e. The zero-order valence-electron chi connectivity index (χ0n) is 16.5. The summed E-state index contributed by atoms with van der Waals surface area (Å²) in [4.78, 5) is 19.1. The summed E-state index contributed by atoms with van der Waals surface area (Å²) in [6.45, 7) is 6.18. The highest BCUT2D eigenvalue weighted by molar-refractivity contribution is 7.16. The number of aromatic nitrogens is 1. The Hall–Kier alpha value is -3.40. The molecule has 0 atom stereocenters. The van der Waals surface area contributed by atoms with Crippen molar-refractivity contribution in [1.29, 1.82) is 0 Å². The third-order valence-corrected chi connectivity index (χ3v) is 5.53. The van der Waals surface area contributed by atoms with Gasteiger partial charge in [-0.3, -0.25) is 4.79 Å². The van der Waals surface area contributed by atoms with E-state index in [1.54, 1.807) is 17.4 Å². The van der Waals surface area contributed by atoms with Crippen LogP contribution in [0, 0.1) is 6.92 Å². The summed E-state index contributed by atoms with van der Waals surface area (Å²) in [5.41, 5.74) is 6.29. The number of aldehydes is 1. The number of anilines is 1. The average Bonchev–Trinajstić information content (AvgIpc) is 2.94. The molecule has 1 aromatic heterocycles. The van der Waals surface area contributed by atoms with Gasteiger partial charge in [0.15, 0.2) is 11.4 Å². The molecular formula is C24H22N2O2S. The van der Waals surface area contributed by atoms with E-state index < -0.39 is 0 Å². The van der Waals surface area contributed by atoms with Crippen LogP contribution in [0.5, 0.6) is 5.75 Å². The predicted octanol–water partition coefficient (Wildman–Crippen LogP) is 5.60. The lowest BCUT2D eigenvalue weighted by Gasteiger charge is -2.13. The lowest BCUT2D eigenvalue weighted by atomic mass is 10.1. The van der Waals surface area contributed by atoms with Crippen molar-refractivity contribution >= 4 is 34.9 Å². The molecule has 0 saturated carbocycles. The van der Waals surface area contributed by atoms with Crippen LogP contribution < -0.4 is 9.64 Å². The van der Waals surface area contributed by atoms with Crippen LogP contribution >= 0.6 is 11.3 Å². The van der Waals surface area contributed by atoms with Crippen molar-refractivity contribution in [2.45, 2.75) is 6.92 Å². The molecule has 0 unspecified atom stereocenters. The summed E-state index contributed by atoms with van der Waals surface area (Å²) >= 11 is 1.57. The van der Waals surface area contributed by atoms with Crippen molar-refractivity contribution in [3.05, 3.63) is 94.4 Å². The van der Waals surface area contributed by atoms with E-state index in [1.165, 1.54) is 0 Å². The molecule has 29 heavy (non-hydrogen) atoms. The van der Waals surface area contributed by atoms with Gasteiger partial charge in [-0.15, -0.1) is 5.73 Å². The summed E-state index contributed by atoms with van der Waals surface area (Å²) in [5, 5.41) is 0.854. The highest BCUT2D eigenvalue weighted by atomic mass is 32.1. The summed E-state index contributed by atoms with van der Waals surface area (Å²) < 4.78 is 6.02. The van der Waals surface area contributed by atoms with Gasteiger partial charge in [0.25, 0.3) is 0 Å². The summed E-state index contributed by atoms with van der Waals surface area (Å²) in [7, 11) is 1.92. The van der Waals surface area contributed by atoms with E-state index in [-0.39, 0.29) is 0 Å². The van der Waals surface area contributed by atoms with Crippen molar-refractivity contribution in [3.63, 3.8) is 0 Å². The Morgan fingerprint density at radius 1 is 1.34 bits per heavy atom. The average molecular weight is 403 g/mol. The number of rotatable bonds is 8. The van der Waals surface area contributed by atoms with E-state index in [1.807, 2.05) is 79.7 Å². The van der Waals surface area contributed by atoms with Crippen LogP contribution in [0.25, 0.3) is 12.2 Å². The normalized spacial score (nSPS) is 12.7. The Morgan fingerprint density at radius 2 is 2.21 bits per heavy atom. The van der Waals surface area contributed by atoms with E-state index in [9.17, 15) is 4.79 Å². The summed E-state index contributed by atoms with van der Waals surface area (Å²) in [6.07, 6.45) is 16.0. The number of nitrogens with zero attached hydrogens (tertiary/aromatic N) is 2. The molecule has 3 rings (SSSR count). The first-order valence-electron chi connectivity index (χ1n) is 9.12. The highest BCUT2D eigenvalue weighted by Crippen LogP contribution is 2.28. The number of benzene rings is 1. The number of thiazole rings is 1. The fraction of sp³-hybridized carbons (Fsp3) is 0.125. The fourth-order valence-corrected chi connectivity index (χ4v) is 3.56. The summed E-state index contributed by atoms with van der Waals surface area (Å²) in [5.74, 6) is 0.650. The van der Waals surface area contributed by atoms with Gasteiger partial charge in [0.2, 0.25) is 0 Å². The largest absolute Gasteiger partial charge is 0.488 e. The van der Waals surface area contributed by atoms with Crippen molar-refractivity contribution in [2.24, 2.45) is 0 Å². The van der Waals surface area contributed by atoms with E-state index >= 15 is 0 Å². The fourth-order valence-electron chi connectivity index (χ4n) is 2.70. The number of hydrogen-bond donors (Lipinski definition) is 0. The first-order chi connectivity index (χ1) is 14.1. The molecular weight excluding hydrogens is 380 g/mol. The summed E-state index contributed by atoms with van der Waals surface area (Å²) in [6, 6.07) is 5.46. The maximum absolute atomic E-state index is 11.6. The Bertz CT molecular complexity index is 1070. The lowest BCUT2D eigenvalue weighted by Crippen LogP contribution is -2.07. The maximum Gasteiger partial charge on any atom is 0.189 e. The predicted molar refractivity (Wildman–Crippen MR) is 122 cm³/mol. The zero-order chi connectivity index (χ0) is 20.6.